The summed E-state index contributed by atoms with van der Waals surface area (Å²) in [5, 5.41) is 22.2. The van der Waals surface area contributed by atoms with Gasteiger partial charge in [0, 0.05) is 36.9 Å². The molecule has 0 aromatic carbocycles. The summed E-state index contributed by atoms with van der Waals surface area (Å²) in [6, 6.07) is -0.348. The van der Waals surface area contributed by atoms with Crippen LogP contribution in [0.5, 0.6) is 0 Å². The molecule has 2 rings (SSSR count). The van der Waals surface area contributed by atoms with Crippen LogP contribution in [0, 0.1) is 10.8 Å². The smallest absolute Gasteiger partial charge is 0.143 e. The summed E-state index contributed by atoms with van der Waals surface area (Å²) in [5.41, 5.74) is 3.39. The summed E-state index contributed by atoms with van der Waals surface area (Å²) in [6.45, 7) is 1.75. The summed E-state index contributed by atoms with van der Waals surface area (Å²) >= 11 is 0. The normalized spacial score (nSPS) is 25.0. The van der Waals surface area contributed by atoms with Crippen LogP contribution in [0.4, 0.5) is 4.39 Å². The van der Waals surface area contributed by atoms with Gasteiger partial charge in [-0.1, -0.05) is 6.42 Å². The number of alkyl halides is 1. The molecule has 6 heteroatoms. The van der Waals surface area contributed by atoms with Gasteiger partial charge in [0.2, 0.25) is 0 Å². The standard InChI is InChI=1S/C18H26FN5/c1-12-16(19)8-14(11-23-12)24-17-7-5-3-4-6-15(17)18(21)13(9-20)10-22-2/h8-12,16,20-22,24H,3-7H2,1-2H3/b13-10+,20-9?,21-18?. The fourth-order valence-corrected chi connectivity index (χ4v) is 2.89. The highest BCUT2D eigenvalue weighted by Crippen LogP contribution is 2.26. The van der Waals surface area contributed by atoms with Crippen LogP contribution >= 0.6 is 0 Å². The maximum Gasteiger partial charge on any atom is 0.143 e. The number of rotatable bonds is 6. The third-order valence-corrected chi connectivity index (χ3v) is 4.31. The number of hydrogen-bond donors (Lipinski definition) is 4. The number of aliphatic imine (C=N–C) groups is 1. The third-order valence-electron chi connectivity index (χ3n) is 4.31. The van der Waals surface area contributed by atoms with E-state index in [0.717, 1.165) is 43.4 Å². The van der Waals surface area contributed by atoms with Crippen LogP contribution in [0.25, 0.3) is 0 Å². The van der Waals surface area contributed by atoms with Crippen LogP contribution in [-0.2, 0) is 0 Å². The van der Waals surface area contributed by atoms with E-state index in [9.17, 15) is 4.39 Å². The zero-order chi connectivity index (χ0) is 17.5. The van der Waals surface area contributed by atoms with E-state index in [4.69, 9.17) is 10.8 Å². The van der Waals surface area contributed by atoms with E-state index < -0.39 is 6.17 Å². The van der Waals surface area contributed by atoms with E-state index in [-0.39, 0.29) is 6.04 Å². The molecule has 0 fully saturated rings. The average Bonchev–Trinajstić information content (AvgIpc) is 2.81. The van der Waals surface area contributed by atoms with Gasteiger partial charge in [0.1, 0.15) is 6.17 Å². The second-order valence-corrected chi connectivity index (χ2v) is 6.14. The van der Waals surface area contributed by atoms with Crippen molar-refractivity contribution in [2.24, 2.45) is 4.99 Å². The molecule has 4 N–H and O–H groups in total. The minimum atomic E-state index is -1.09. The third kappa shape index (κ3) is 4.40. The van der Waals surface area contributed by atoms with Gasteiger partial charge in [-0.05, 0) is 44.3 Å². The van der Waals surface area contributed by atoms with Crippen molar-refractivity contribution in [3.63, 3.8) is 0 Å². The van der Waals surface area contributed by atoms with Gasteiger partial charge >= 0.3 is 0 Å². The van der Waals surface area contributed by atoms with E-state index in [1.807, 2.05) is 0 Å². The molecule has 1 heterocycles. The first-order valence-electron chi connectivity index (χ1n) is 8.42. The summed E-state index contributed by atoms with van der Waals surface area (Å²) in [5.74, 6) is 0. The molecule has 24 heavy (non-hydrogen) atoms. The van der Waals surface area contributed by atoms with Gasteiger partial charge in [0.05, 0.1) is 17.5 Å². The molecule has 1 aliphatic heterocycles. The quantitative estimate of drug-likeness (QED) is 0.563. The molecule has 5 nitrogen and oxygen atoms in total. The van der Waals surface area contributed by atoms with Crippen molar-refractivity contribution < 1.29 is 4.39 Å². The Hall–Kier alpha value is -2.24. The van der Waals surface area contributed by atoms with Crippen LogP contribution in [0.3, 0.4) is 0 Å². The molecule has 0 amide bonds. The Morgan fingerprint density at radius 3 is 2.75 bits per heavy atom. The molecule has 0 spiro atoms. The van der Waals surface area contributed by atoms with Crippen molar-refractivity contribution in [1.29, 1.82) is 10.8 Å². The maximum atomic E-state index is 13.9. The lowest BCUT2D eigenvalue weighted by Gasteiger charge is -2.20. The van der Waals surface area contributed by atoms with Gasteiger partial charge in [-0.2, -0.15) is 0 Å². The minimum absolute atomic E-state index is 0.348. The van der Waals surface area contributed by atoms with Gasteiger partial charge in [-0.15, -0.1) is 0 Å². The highest BCUT2D eigenvalue weighted by atomic mass is 19.1. The number of allylic oxidation sites excluding steroid dienone is 4. The van der Waals surface area contributed by atoms with Gasteiger partial charge in [-0.3, -0.25) is 10.4 Å². The Balaban J connectivity index is 2.30. The lowest BCUT2D eigenvalue weighted by atomic mass is 9.97. The molecule has 0 aromatic heterocycles. The van der Waals surface area contributed by atoms with E-state index in [0.29, 0.717) is 17.0 Å². The molecule has 0 radical (unpaired) electrons. The number of halogens is 1. The van der Waals surface area contributed by atoms with Crippen molar-refractivity contribution in [3.05, 3.63) is 34.8 Å². The lowest BCUT2D eigenvalue weighted by Crippen LogP contribution is -2.26. The molecule has 0 saturated carbocycles. The van der Waals surface area contributed by atoms with Crippen molar-refractivity contribution >= 4 is 18.1 Å². The summed E-state index contributed by atoms with van der Waals surface area (Å²) < 4.78 is 13.9. The van der Waals surface area contributed by atoms with E-state index in [2.05, 4.69) is 15.6 Å². The van der Waals surface area contributed by atoms with E-state index >= 15 is 0 Å². The molecule has 0 aromatic rings. The largest absolute Gasteiger partial charge is 0.393 e. The second-order valence-electron chi connectivity index (χ2n) is 6.14. The van der Waals surface area contributed by atoms with E-state index in [1.165, 1.54) is 6.21 Å². The summed E-state index contributed by atoms with van der Waals surface area (Å²) in [7, 11) is 1.75. The van der Waals surface area contributed by atoms with Gasteiger partial charge in [0.15, 0.2) is 0 Å². The average molecular weight is 331 g/mol. The highest BCUT2D eigenvalue weighted by molar-refractivity contribution is 6.22. The number of dihydropyridines is 1. The van der Waals surface area contributed by atoms with Crippen LogP contribution in [-0.4, -0.2) is 37.4 Å². The van der Waals surface area contributed by atoms with Crippen LogP contribution < -0.4 is 10.6 Å². The fraction of sp³-hybridized carbons (Fsp3) is 0.500. The fourth-order valence-electron chi connectivity index (χ4n) is 2.89. The zero-order valence-corrected chi connectivity index (χ0v) is 14.3. The zero-order valence-electron chi connectivity index (χ0n) is 14.3. The van der Waals surface area contributed by atoms with Gasteiger partial charge < -0.3 is 16.0 Å². The van der Waals surface area contributed by atoms with Crippen LogP contribution in [0.2, 0.25) is 0 Å². The predicted molar refractivity (Wildman–Crippen MR) is 97.8 cm³/mol. The van der Waals surface area contributed by atoms with Crippen molar-refractivity contribution in [2.45, 2.75) is 51.2 Å². The molecular formula is C18H26FN5. The monoisotopic (exact) mass is 331 g/mol. The first-order chi connectivity index (χ1) is 11.6. The molecular weight excluding hydrogens is 305 g/mol. The summed E-state index contributed by atoms with van der Waals surface area (Å²) in [6.07, 6.45) is 9.74. The number of nitrogens with zero attached hydrogens (tertiary/aromatic N) is 1. The van der Waals surface area contributed by atoms with Gasteiger partial charge in [0.25, 0.3) is 0 Å². The maximum absolute atomic E-state index is 13.9. The topological polar surface area (TPSA) is 84.1 Å². The second kappa shape index (κ2) is 8.57. The molecule has 0 saturated heterocycles. The Morgan fingerprint density at radius 1 is 1.33 bits per heavy atom. The molecule has 2 aliphatic rings. The SMILES string of the molecule is CN/C=C(\C=N)C(=N)C1=C(NC2=CC(F)C(C)N=C2)CCCCC1. The Labute approximate surface area is 142 Å². The first kappa shape index (κ1) is 18.1. The van der Waals surface area contributed by atoms with E-state index in [1.54, 1.807) is 32.5 Å². The van der Waals surface area contributed by atoms with Crippen molar-refractivity contribution in [2.75, 3.05) is 7.05 Å². The number of hydrogen-bond acceptors (Lipinski definition) is 5. The van der Waals surface area contributed by atoms with Crippen molar-refractivity contribution in [3.8, 4) is 0 Å². The lowest BCUT2D eigenvalue weighted by molar-refractivity contribution is 0.350. The Kier molecular flexibility index (Phi) is 6.46. The molecule has 0 bridgehead atoms. The molecule has 1 aliphatic carbocycles. The van der Waals surface area contributed by atoms with Crippen LogP contribution in [0.1, 0.15) is 39.0 Å². The van der Waals surface area contributed by atoms with Crippen LogP contribution in [0.15, 0.2) is 39.8 Å². The predicted octanol–water partition coefficient (Wildman–Crippen LogP) is 3.26. The highest BCUT2D eigenvalue weighted by Gasteiger charge is 2.21. The minimum Gasteiger partial charge on any atom is -0.393 e. The molecule has 130 valence electrons. The Morgan fingerprint density at radius 2 is 2.08 bits per heavy atom. The summed E-state index contributed by atoms with van der Waals surface area (Å²) in [4.78, 5) is 4.17. The van der Waals surface area contributed by atoms with Crippen molar-refractivity contribution in [1.82, 2.24) is 10.6 Å². The number of nitrogens with one attached hydrogen (secondary N) is 4. The Bertz CT molecular complexity index is 615. The molecule has 2 atom stereocenters. The molecule has 2 unspecified atom stereocenters. The first-order valence-corrected chi connectivity index (χ1v) is 8.42. The van der Waals surface area contributed by atoms with Gasteiger partial charge in [-0.25, -0.2) is 4.39 Å².